The highest BCUT2D eigenvalue weighted by molar-refractivity contribution is 7.80. The molecule has 0 aromatic heterocycles. The lowest BCUT2D eigenvalue weighted by atomic mass is 10.2. The Morgan fingerprint density at radius 2 is 1.89 bits per heavy atom. The van der Waals surface area contributed by atoms with E-state index in [0.29, 0.717) is 4.90 Å². The molecule has 2 aromatic carbocycles. The van der Waals surface area contributed by atoms with Gasteiger partial charge in [0.25, 0.3) is 5.91 Å². The van der Waals surface area contributed by atoms with Gasteiger partial charge in [-0.05, 0) is 30.3 Å². The Labute approximate surface area is 124 Å². The van der Waals surface area contributed by atoms with Crippen LogP contribution in [0.2, 0.25) is 10.0 Å². The van der Waals surface area contributed by atoms with Crippen molar-refractivity contribution in [2.45, 2.75) is 4.90 Å². The van der Waals surface area contributed by atoms with Gasteiger partial charge >= 0.3 is 0 Å². The number of hydrogen-bond donors (Lipinski definition) is 2. The summed E-state index contributed by atoms with van der Waals surface area (Å²) in [5.41, 5.74) is 0.128. The first kappa shape index (κ1) is 14.2. The smallest absolute Gasteiger partial charge is 0.257 e. The number of hydrogen-bond acceptors (Lipinski definition) is 2. The first-order chi connectivity index (χ1) is 8.99. The molecule has 0 bridgehead atoms. The monoisotopic (exact) mass is 315 g/mol. The Hall–Kier alpha value is -1.23. The quantitative estimate of drug-likeness (QED) is 0.774. The lowest BCUT2D eigenvalue weighted by Gasteiger charge is -2.09. The van der Waals surface area contributed by atoms with Gasteiger partial charge in [-0.2, -0.15) is 0 Å². The highest BCUT2D eigenvalue weighted by atomic mass is 35.5. The van der Waals surface area contributed by atoms with Crippen LogP contribution in [-0.2, 0) is 0 Å². The van der Waals surface area contributed by atoms with Crippen molar-refractivity contribution in [1.82, 2.24) is 0 Å². The number of carbonyl (C=O) groups is 1. The van der Waals surface area contributed by atoms with Gasteiger partial charge in [-0.25, -0.2) is 4.39 Å². The van der Waals surface area contributed by atoms with Crippen LogP contribution in [0.15, 0.2) is 41.3 Å². The molecule has 2 aromatic rings. The van der Waals surface area contributed by atoms with E-state index in [2.05, 4.69) is 17.9 Å². The average Bonchev–Trinajstić information content (AvgIpc) is 2.37. The maximum absolute atomic E-state index is 13.6. The van der Waals surface area contributed by atoms with Gasteiger partial charge < -0.3 is 5.32 Å². The number of nitrogens with one attached hydrogen (secondary N) is 1. The Balaban J connectivity index is 2.34. The largest absolute Gasteiger partial charge is 0.318 e. The number of carbonyl (C=O) groups excluding carboxylic acids is 1. The number of halogens is 3. The summed E-state index contributed by atoms with van der Waals surface area (Å²) in [6.07, 6.45) is 0. The van der Waals surface area contributed by atoms with Crippen LogP contribution in [0.4, 0.5) is 10.1 Å². The van der Waals surface area contributed by atoms with Crippen LogP contribution in [0.1, 0.15) is 10.4 Å². The van der Waals surface area contributed by atoms with Crippen molar-refractivity contribution >= 4 is 47.4 Å². The van der Waals surface area contributed by atoms with E-state index in [1.807, 2.05) is 0 Å². The molecule has 19 heavy (non-hydrogen) atoms. The first-order valence-corrected chi connectivity index (χ1v) is 6.43. The molecule has 2 nitrogen and oxygen atoms in total. The zero-order valence-electron chi connectivity index (χ0n) is 9.45. The summed E-state index contributed by atoms with van der Waals surface area (Å²) in [5, 5.41) is 2.77. The standard InChI is InChI=1S/C13H8Cl2FNOS/c14-9-5-4-7(19)6-8(9)13(18)17-12-10(15)2-1-3-11(12)16/h1-6,19H,(H,17,18). The van der Waals surface area contributed by atoms with Gasteiger partial charge in [0.15, 0.2) is 0 Å². The molecule has 6 heteroatoms. The van der Waals surface area contributed by atoms with Gasteiger partial charge in [0, 0.05) is 4.90 Å². The molecule has 98 valence electrons. The fourth-order valence-electron chi connectivity index (χ4n) is 1.49. The van der Waals surface area contributed by atoms with Gasteiger partial charge in [0.05, 0.1) is 21.3 Å². The van der Waals surface area contributed by atoms with Crippen molar-refractivity contribution in [3.8, 4) is 0 Å². The van der Waals surface area contributed by atoms with E-state index in [0.717, 1.165) is 0 Å². The van der Waals surface area contributed by atoms with Crippen molar-refractivity contribution in [3.05, 3.63) is 57.8 Å². The molecule has 0 heterocycles. The summed E-state index contributed by atoms with van der Waals surface area (Å²) in [6, 6.07) is 8.83. The summed E-state index contributed by atoms with van der Waals surface area (Å²) in [6.45, 7) is 0. The second-order valence-electron chi connectivity index (χ2n) is 3.71. The molecule has 1 amide bonds. The molecule has 0 unspecified atom stereocenters. The maximum atomic E-state index is 13.6. The summed E-state index contributed by atoms with van der Waals surface area (Å²) in [5.74, 6) is -1.16. The number of amides is 1. The van der Waals surface area contributed by atoms with Gasteiger partial charge in [-0.3, -0.25) is 4.79 Å². The summed E-state index contributed by atoms with van der Waals surface area (Å²) >= 11 is 15.9. The van der Waals surface area contributed by atoms with E-state index in [-0.39, 0.29) is 21.3 Å². The minimum atomic E-state index is -0.612. The predicted octanol–water partition coefficient (Wildman–Crippen LogP) is 4.67. The highest BCUT2D eigenvalue weighted by Crippen LogP contribution is 2.27. The molecular weight excluding hydrogens is 308 g/mol. The van der Waals surface area contributed by atoms with E-state index in [1.54, 1.807) is 12.1 Å². The van der Waals surface area contributed by atoms with Crippen LogP contribution in [0.25, 0.3) is 0 Å². The van der Waals surface area contributed by atoms with Crippen LogP contribution < -0.4 is 5.32 Å². The highest BCUT2D eigenvalue weighted by Gasteiger charge is 2.15. The minimum Gasteiger partial charge on any atom is -0.318 e. The van der Waals surface area contributed by atoms with Gasteiger partial charge in [0.2, 0.25) is 0 Å². The molecule has 0 aliphatic heterocycles. The number of thiol groups is 1. The third-order valence-corrected chi connectivity index (χ3v) is 3.32. The Morgan fingerprint density at radius 1 is 1.16 bits per heavy atom. The molecule has 0 spiro atoms. The molecule has 0 atom stereocenters. The zero-order valence-corrected chi connectivity index (χ0v) is 11.9. The number of benzene rings is 2. The average molecular weight is 316 g/mol. The molecule has 2 rings (SSSR count). The van der Waals surface area contributed by atoms with Gasteiger partial charge in [-0.1, -0.05) is 29.3 Å². The van der Waals surface area contributed by atoms with Crippen molar-refractivity contribution in [2.24, 2.45) is 0 Å². The topological polar surface area (TPSA) is 29.1 Å². The number of anilines is 1. The Morgan fingerprint density at radius 3 is 2.58 bits per heavy atom. The fraction of sp³-hybridized carbons (Fsp3) is 0. The molecule has 0 saturated heterocycles. The molecule has 0 aliphatic carbocycles. The SMILES string of the molecule is O=C(Nc1c(F)cccc1Cl)c1cc(S)ccc1Cl. The molecule has 0 saturated carbocycles. The third-order valence-electron chi connectivity index (χ3n) is 2.40. The molecular formula is C13H8Cl2FNOS. The van der Waals surface area contributed by atoms with Crippen molar-refractivity contribution in [3.63, 3.8) is 0 Å². The van der Waals surface area contributed by atoms with Gasteiger partial charge in [-0.15, -0.1) is 12.6 Å². The Kier molecular flexibility index (Phi) is 4.34. The lowest BCUT2D eigenvalue weighted by Crippen LogP contribution is -2.14. The van der Waals surface area contributed by atoms with E-state index in [1.165, 1.54) is 24.3 Å². The molecule has 0 radical (unpaired) electrons. The third kappa shape index (κ3) is 3.21. The van der Waals surface area contributed by atoms with Crippen molar-refractivity contribution in [1.29, 1.82) is 0 Å². The van der Waals surface area contributed by atoms with Crippen LogP contribution in [0.5, 0.6) is 0 Å². The second kappa shape index (κ2) is 5.82. The molecule has 0 aliphatic rings. The van der Waals surface area contributed by atoms with Crippen LogP contribution in [0.3, 0.4) is 0 Å². The summed E-state index contributed by atoms with van der Waals surface area (Å²) in [7, 11) is 0. The maximum Gasteiger partial charge on any atom is 0.257 e. The second-order valence-corrected chi connectivity index (χ2v) is 5.05. The first-order valence-electron chi connectivity index (χ1n) is 5.23. The van der Waals surface area contributed by atoms with Crippen LogP contribution >= 0.6 is 35.8 Å². The Bertz CT molecular complexity index is 628. The van der Waals surface area contributed by atoms with Crippen LogP contribution in [-0.4, -0.2) is 5.91 Å². The van der Waals surface area contributed by atoms with Gasteiger partial charge in [0.1, 0.15) is 5.82 Å². The molecule has 0 fully saturated rings. The number of rotatable bonds is 2. The van der Waals surface area contributed by atoms with E-state index < -0.39 is 11.7 Å². The molecule has 1 N–H and O–H groups in total. The van der Waals surface area contributed by atoms with E-state index >= 15 is 0 Å². The van der Waals surface area contributed by atoms with Crippen molar-refractivity contribution in [2.75, 3.05) is 5.32 Å². The van der Waals surface area contributed by atoms with E-state index in [9.17, 15) is 9.18 Å². The summed E-state index contributed by atoms with van der Waals surface area (Å²) in [4.78, 5) is 12.6. The van der Waals surface area contributed by atoms with E-state index in [4.69, 9.17) is 23.2 Å². The minimum absolute atomic E-state index is 0.0743. The van der Waals surface area contributed by atoms with Crippen molar-refractivity contribution < 1.29 is 9.18 Å². The summed E-state index contributed by atoms with van der Waals surface area (Å²) < 4.78 is 13.6. The van der Waals surface area contributed by atoms with Crippen LogP contribution in [0, 0.1) is 5.82 Å². The number of para-hydroxylation sites is 1. The predicted molar refractivity (Wildman–Crippen MR) is 78.1 cm³/mol. The fourth-order valence-corrected chi connectivity index (χ4v) is 2.10. The zero-order chi connectivity index (χ0) is 14.0. The normalized spacial score (nSPS) is 10.3. The lowest BCUT2D eigenvalue weighted by molar-refractivity contribution is 0.102.